The van der Waals surface area contributed by atoms with Crippen LogP contribution < -0.4 is 0 Å². The molecule has 0 bridgehead atoms. The highest BCUT2D eigenvalue weighted by Crippen LogP contribution is 2.28. The van der Waals surface area contributed by atoms with Crippen molar-refractivity contribution in [3.63, 3.8) is 0 Å². The van der Waals surface area contributed by atoms with Crippen molar-refractivity contribution in [3.05, 3.63) is 88.4 Å². The fourth-order valence-corrected chi connectivity index (χ4v) is 5.41. The molecule has 172 valence electrons. The van der Waals surface area contributed by atoms with Crippen molar-refractivity contribution in [2.75, 3.05) is 7.05 Å². The summed E-state index contributed by atoms with van der Waals surface area (Å²) in [6, 6.07) is 20.6. The summed E-state index contributed by atoms with van der Waals surface area (Å²) in [5.41, 5.74) is 4.26. The fraction of sp³-hybridized carbons (Fsp3) is 0.231. The Labute approximate surface area is 208 Å². The summed E-state index contributed by atoms with van der Waals surface area (Å²) in [5.74, 6) is 1.14. The molecular weight excluding hydrogens is 460 g/mol. The zero-order chi connectivity index (χ0) is 23.7. The van der Waals surface area contributed by atoms with Crippen molar-refractivity contribution >= 4 is 33.8 Å². The van der Waals surface area contributed by atoms with Gasteiger partial charge in [0.25, 0.3) is 0 Å². The van der Waals surface area contributed by atoms with E-state index in [4.69, 9.17) is 22.3 Å². The van der Waals surface area contributed by atoms with Crippen LogP contribution >= 0.6 is 23.6 Å². The highest BCUT2D eigenvalue weighted by atomic mass is 32.1. The van der Waals surface area contributed by atoms with Gasteiger partial charge in [0.15, 0.2) is 5.82 Å². The molecule has 0 saturated heterocycles. The largest absolute Gasteiger partial charge is 0.281 e. The topological polar surface area (TPSA) is 51.8 Å². The zero-order valence-corrected chi connectivity index (χ0v) is 21.1. The standard InChI is InChI=1S/C26H26N6S2/c1-18(2)20-10-4-6-12-22(20)32-25(19-9-8-14-27-15-19)29-31(26(32)33)17-30(3)16-24-28-21-11-5-7-13-23(21)34-24/h4-15,18H,16-17H2,1-3H3. The Morgan fingerprint density at radius 3 is 2.59 bits per heavy atom. The van der Waals surface area contributed by atoms with E-state index in [9.17, 15) is 0 Å². The van der Waals surface area contributed by atoms with Gasteiger partial charge in [0.1, 0.15) is 5.01 Å². The first-order valence-electron chi connectivity index (χ1n) is 11.2. The van der Waals surface area contributed by atoms with Crippen LogP contribution in [0.15, 0.2) is 73.1 Å². The molecule has 2 aromatic carbocycles. The Bertz CT molecular complexity index is 1450. The lowest BCUT2D eigenvalue weighted by atomic mass is 10.0. The average molecular weight is 487 g/mol. The van der Waals surface area contributed by atoms with E-state index >= 15 is 0 Å². The van der Waals surface area contributed by atoms with Crippen molar-refractivity contribution in [3.8, 4) is 17.1 Å². The molecule has 0 radical (unpaired) electrons. The molecule has 5 aromatic rings. The average Bonchev–Trinajstić information content (AvgIpc) is 3.39. The lowest BCUT2D eigenvalue weighted by molar-refractivity contribution is 0.244. The minimum Gasteiger partial charge on any atom is -0.281 e. The van der Waals surface area contributed by atoms with E-state index in [0.717, 1.165) is 34.1 Å². The number of hydrogen-bond acceptors (Lipinski definition) is 6. The van der Waals surface area contributed by atoms with E-state index in [1.165, 1.54) is 10.3 Å². The molecule has 0 atom stereocenters. The van der Waals surface area contributed by atoms with Gasteiger partial charge >= 0.3 is 0 Å². The summed E-state index contributed by atoms with van der Waals surface area (Å²) in [6.45, 7) is 5.67. The van der Waals surface area contributed by atoms with Crippen molar-refractivity contribution in [1.82, 2.24) is 29.2 Å². The molecule has 0 aliphatic rings. The number of benzene rings is 2. The maximum Gasteiger partial charge on any atom is 0.204 e. The highest BCUT2D eigenvalue weighted by molar-refractivity contribution is 7.71. The van der Waals surface area contributed by atoms with Gasteiger partial charge in [0.05, 0.1) is 29.1 Å². The lowest BCUT2D eigenvalue weighted by Gasteiger charge is -2.16. The zero-order valence-electron chi connectivity index (χ0n) is 19.4. The fourth-order valence-electron chi connectivity index (χ4n) is 4.08. The quantitative estimate of drug-likeness (QED) is 0.253. The summed E-state index contributed by atoms with van der Waals surface area (Å²) in [4.78, 5) is 11.3. The number of rotatable bonds is 7. The molecule has 8 heteroatoms. The van der Waals surface area contributed by atoms with E-state index in [1.54, 1.807) is 17.5 Å². The summed E-state index contributed by atoms with van der Waals surface area (Å²) < 4.78 is 5.83. The molecule has 0 fully saturated rings. The SMILES string of the molecule is CC(C)c1ccccc1-n1c(-c2cccnc2)nn(CN(C)Cc2nc3ccccc3s2)c1=S. The van der Waals surface area contributed by atoms with Gasteiger partial charge in [0, 0.05) is 18.0 Å². The Hall–Kier alpha value is -3.20. The van der Waals surface area contributed by atoms with E-state index in [2.05, 4.69) is 71.7 Å². The predicted molar refractivity (Wildman–Crippen MR) is 141 cm³/mol. The molecule has 6 nitrogen and oxygen atoms in total. The van der Waals surface area contributed by atoms with Crippen LogP contribution in [0.2, 0.25) is 0 Å². The van der Waals surface area contributed by atoms with Crippen LogP contribution in [0.5, 0.6) is 0 Å². The number of fused-ring (bicyclic) bond motifs is 1. The Morgan fingerprint density at radius 1 is 1.03 bits per heavy atom. The van der Waals surface area contributed by atoms with Crippen molar-refractivity contribution < 1.29 is 0 Å². The third-order valence-corrected chi connectivity index (χ3v) is 7.09. The maximum atomic E-state index is 5.98. The van der Waals surface area contributed by atoms with Gasteiger partial charge in [0.2, 0.25) is 4.77 Å². The Morgan fingerprint density at radius 2 is 1.82 bits per heavy atom. The van der Waals surface area contributed by atoms with Gasteiger partial charge in [-0.2, -0.15) is 0 Å². The van der Waals surface area contributed by atoms with Gasteiger partial charge in [-0.25, -0.2) is 9.67 Å². The molecule has 0 N–H and O–H groups in total. The number of para-hydroxylation sites is 2. The van der Waals surface area contributed by atoms with E-state index < -0.39 is 0 Å². The highest BCUT2D eigenvalue weighted by Gasteiger charge is 2.19. The number of aromatic nitrogens is 5. The molecule has 3 aromatic heterocycles. The number of nitrogens with zero attached hydrogens (tertiary/aromatic N) is 6. The van der Waals surface area contributed by atoms with Crippen molar-refractivity contribution in [1.29, 1.82) is 0 Å². The molecule has 34 heavy (non-hydrogen) atoms. The summed E-state index contributed by atoms with van der Waals surface area (Å²) in [7, 11) is 2.07. The summed E-state index contributed by atoms with van der Waals surface area (Å²) in [5, 5.41) is 6.03. The summed E-state index contributed by atoms with van der Waals surface area (Å²) in [6.07, 6.45) is 3.61. The minimum absolute atomic E-state index is 0.352. The van der Waals surface area contributed by atoms with Crippen molar-refractivity contribution in [2.24, 2.45) is 0 Å². The molecule has 0 aliphatic heterocycles. The van der Waals surface area contributed by atoms with E-state index in [-0.39, 0.29) is 0 Å². The monoisotopic (exact) mass is 486 g/mol. The second-order valence-electron chi connectivity index (χ2n) is 8.63. The van der Waals surface area contributed by atoms with Crippen molar-refractivity contribution in [2.45, 2.75) is 33.0 Å². The smallest absolute Gasteiger partial charge is 0.204 e. The third kappa shape index (κ3) is 4.44. The third-order valence-electron chi connectivity index (χ3n) is 5.68. The Kier molecular flexibility index (Phi) is 6.36. The van der Waals surface area contributed by atoms with Crippen LogP contribution in [0.3, 0.4) is 0 Å². The summed E-state index contributed by atoms with van der Waals surface area (Å²) >= 11 is 7.71. The first-order chi connectivity index (χ1) is 16.5. The maximum absolute atomic E-state index is 5.98. The van der Waals surface area contributed by atoms with E-state index in [0.29, 0.717) is 17.4 Å². The molecule has 0 unspecified atom stereocenters. The van der Waals surface area contributed by atoms with E-state index in [1.807, 2.05) is 35.1 Å². The molecule has 0 aliphatic carbocycles. The number of thiazole rings is 1. The predicted octanol–water partition coefficient (Wildman–Crippen LogP) is 6.29. The van der Waals surface area contributed by atoms with Gasteiger partial charge in [-0.05, 0) is 61.1 Å². The second-order valence-corrected chi connectivity index (χ2v) is 10.1. The van der Waals surface area contributed by atoms with Gasteiger partial charge in [-0.1, -0.05) is 44.2 Å². The lowest BCUT2D eigenvalue weighted by Crippen LogP contribution is -2.22. The van der Waals surface area contributed by atoms with Crippen LogP contribution in [0, 0.1) is 4.77 Å². The normalized spacial score (nSPS) is 11.7. The molecule has 0 saturated carbocycles. The van der Waals surface area contributed by atoms with Crippen LogP contribution in [0.4, 0.5) is 0 Å². The van der Waals surface area contributed by atoms with Crippen LogP contribution in [0.1, 0.15) is 30.3 Å². The van der Waals surface area contributed by atoms with Crippen LogP contribution in [-0.4, -0.2) is 36.3 Å². The first-order valence-corrected chi connectivity index (χ1v) is 12.5. The Balaban J connectivity index is 1.53. The minimum atomic E-state index is 0.352. The molecule has 3 heterocycles. The van der Waals surface area contributed by atoms with Gasteiger partial charge in [-0.15, -0.1) is 16.4 Å². The van der Waals surface area contributed by atoms with Crippen LogP contribution in [-0.2, 0) is 13.2 Å². The van der Waals surface area contributed by atoms with Crippen LogP contribution in [0.25, 0.3) is 27.3 Å². The molecule has 5 rings (SSSR count). The number of pyridine rings is 1. The number of hydrogen-bond donors (Lipinski definition) is 0. The molecule has 0 amide bonds. The molecular formula is C26H26N6S2. The van der Waals surface area contributed by atoms with Gasteiger partial charge < -0.3 is 0 Å². The molecule has 0 spiro atoms. The second kappa shape index (κ2) is 9.58. The van der Waals surface area contributed by atoms with Gasteiger partial charge in [-0.3, -0.25) is 14.5 Å². The first kappa shape index (κ1) is 22.6.